The second-order valence-corrected chi connectivity index (χ2v) is 9.75. The highest BCUT2D eigenvalue weighted by atomic mass is 16.5. The van der Waals surface area contributed by atoms with Crippen molar-refractivity contribution in [3.63, 3.8) is 0 Å². The Morgan fingerprint density at radius 2 is 1.72 bits per heavy atom. The molecule has 2 saturated carbocycles. The third-order valence-electron chi connectivity index (χ3n) is 7.52. The van der Waals surface area contributed by atoms with Crippen molar-refractivity contribution in [3.8, 4) is 16.9 Å². The molecule has 0 bridgehead atoms. The van der Waals surface area contributed by atoms with Crippen molar-refractivity contribution in [3.05, 3.63) is 47.5 Å². The molecule has 3 heteroatoms. The van der Waals surface area contributed by atoms with Crippen molar-refractivity contribution in [2.75, 3.05) is 11.9 Å². The van der Waals surface area contributed by atoms with Crippen LogP contribution in [0.3, 0.4) is 0 Å². The van der Waals surface area contributed by atoms with Crippen molar-refractivity contribution < 1.29 is 9.53 Å². The number of hydrogen-bond donors (Lipinski definition) is 1. The van der Waals surface area contributed by atoms with E-state index in [0.29, 0.717) is 6.61 Å². The third-order valence-corrected chi connectivity index (χ3v) is 7.52. The van der Waals surface area contributed by atoms with E-state index in [2.05, 4.69) is 48.6 Å². The molecular formula is C29H39NO2. The van der Waals surface area contributed by atoms with Crippen molar-refractivity contribution in [2.24, 2.45) is 11.8 Å². The first kappa shape index (κ1) is 22.9. The van der Waals surface area contributed by atoms with Crippen LogP contribution >= 0.6 is 0 Å². The third kappa shape index (κ3) is 5.54. The van der Waals surface area contributed by atoms with Gasteiger partial charge in [-0.1, -0.05) is 63.1 Å². The highest BCUT2D eigenvalue weighted by Gasteiger charge is 2.22. The van der Waals surface area contributed by atoms with E-state index in [-0.39, 0.29) is 11.8 Å². The predicted molar refractivity (Wildman–Crippen MR) is 133 cm³/mol. The number of aryl methyl sites for hydroxylation is 1. The molecule has 3 nitrogen and oxygen atoms in total. The maximum absolute atomic E-state index is 12.8. The Hall–Kier alpha value is -2.29. The Labute approximate surface area is 194 Å². The molecule has 1 N–H and O–H groups in total. The fraction of sp³-hybridized carbons (Fsp3) is 0.552. The van der Waals surface area contributed by atoms with Gasteiger partial charge in [0.25, 0.3) is 0 Å². The van der Waals surface area contributed by atoms with Crippen LogP contribution in [-0.4, -0.2) is 12.5 Å². The topological polar surface area (TPSA) is 38.3 Å². The van der Waals surface area contributed by atoms with Crippen LogP contribution in [-0.2, 0) is 11.2 Å². The summed E-state index contributed by atoms with van der Waals surface area (Å²) in [5.41, 5.74) is 6.00. The zero-order valence-electron chi connectivity index (χ0n) is 19.9. The average molecular weight is 434 g/mol. The summed E-state index contributed by atoms with van der Waals surface area (Å²) in [6.45, 7) is 4.85. The quantitative estimate of drug-likeness (QED) is 0.463. The molecule has 0 radical (unpaired) electrons. The van der Waals surface area contributed by atoms with E-state index < -0.39 is 0 Å². The van der Waals surface area contributed by atoms with Crippen LogP contribution in [0.15, 0.2) is 36.4 Å². The molecule has 2 aliphatic rings. The van der Waals surface area contributed by atoms with Gasteiger partial charge in [-0.3, -0.25) is 4.79 Å². The maximum atomic E-state index is 12.8. The second kappa shape index (κ2) is 11.0. The summed E-state index contributed by atoms with van der Waals surface area (Å²) in [6.07, 6.45) is 13.5. The van der Waals surface area contributed by atoms with Crippen LogP contribution < -0.4 is 10.1 Å². The van der Waals surface area contributed by atoms with Crippen LogP contribution in [0.1, 0.15) is 82.3 Å². The van der Waals surface area contributed by atoms with Crippen LogP contribution in [0.25, 0.3) is 11.1 Å². The van der Waals surface area contributed by atoms with Crippen LogP contribution in [0.5, 0.6) is 5.75 Å². The Morgan fingerprint density at radius 3 is 2.47 bits per heavy atom. The Morgan fingerprint density at radius 1 is 0.969 bits per heavy atom. The van der Waals surface area contributed by atoms with Gasteiger partial charge in [-0.15, -0.1) is 0 Å². The van der Waals surface area contributed by atoms with E-state index in [0.717, 1.165) is 36.6 Å². The molecule has 0 heterocycles. The lowest BCUT2D eigenvalue weighted by molar-refractivity contribution is -0.120. The van der Waals surface area contributed by atoms with Gasteiger partial charge in [-0.25, -0.2) is 0 Å². The Kier molecular flexibility index (Phi) is 7.89. The number of benzene rings is 2. The number of carbonyl (C=O) groups excluding carboxylic acids is 1. The minimum Gasteiger partial charge on any atom is -0.494 e. The first-order chi connectivity index (χ1) is 15.7. The molecule has 2 fully saturated rings. The summed E-state index contributed by atoms with van der Waals surface area (Å²) in [6, 6.07) is 12.9. The molecule has 0 spiro atoms. The van der Waals surface area contributed by atoms with Gasteiger partial charge in [0.15, 0.2) is 0 Å². The van der Waals surface area contributed by atoms with Gasteiger partial charge in [0.1, 0.15) is 5.75 Å². The van der Waals surface area contributed by atoms with Gasteiger partial charge in [-0.2, -0.15) is 0 Å². The minimum absolute atomic E-state index is 0.176. The first-order valence-electron chi connectivity index (χ1n) is 12.8. The molecule has 2 aromatic rings. The summed E-state index contributed by atoms with van der Waals surface area (Å²) >= 11 is 0. The highest BCUT2D eigenvalue weighted by molar-refractivity contribution is 5.93. The number of ether oxygens (including phenoxy) is 1. The highest BCUT2D eigenvalue weighted by Crippen LogP contribution is 2.36. The molecule has 0 unspecified atom stereocenters. The van der Waals surface area contributed by atoms with E-state index in [1.54, 1.807) is 0 Å². The smallest absolute Gasteiger partial charge is 0.227 e. The van der Waals surface area contributed by atoms with E-state index in [9.17, 15) is 4.79 Å². The fourth-order valence-corrected chi connectivity index (χ4v) is 5.63. The summed E-state index contributed by atoms with van der Waals surface area (Å²) in [7, 11) is 0. The monoisotopic (exact) mass is 433 g/mol. The summed E-state index contributed by atoms with van der Waals surface area (Å²) in [5.74, 6) is 2.19. The molecule has 0 aliphatic heterocycles. The van der Waals surface area contributed by atoms with Gasteiger partial charge in [0, 0.05) is 11.6 Å². The van der Waals surface area contributed by atoms with Crippen molar-refractivity contribution in [2.45, 2.75) is 84.5 Å². The summed E-state index contributed by atoms with van der Waals surface area (Å²) in [4.78, 5) is 12.8. The van der Waals surface area contributed by atoms with E-state index in [4.69, 9.17) is 4.74 Å². The van der Waals surface area contributed by atoms with Crippen molar-refractivity contribution >= 4 is 11.6 Å². The van der Waals surface area contributed by atoms with Crippen molar-refractivity contribution in [1.82, 2.24) is 0 Å². The lowest BCUT2D eigenvalue weighted by Gasteiger charge is -2.22. The SMILES string of the molecule is CCOc1cccc(-c2ccc(NC(=O)C3CCCCC3)cc2CCC2CCCC2)c1C. The number of anilines is 1. The Bertz CT molecular complexity index is 907. The fourth-order valence-electron chi connectivity index (χ4n) is 5.63. The molecule has 32 heavy (non-hydrogen) atoms. The standard InChI is InChI=1S/C29H39NO2/c1-3-32-28-15-9-14-26(21(28)2)27-19-18-25(30-29(31)23-12-5-4-6-13-23)20-24(27)17-16-22-10-7-8-11-22/h9,14-15,18-20,22-23H,3-8,10-13,16-17H2,1-2H3,(H,30,31). The first-order valence-corrected chi connectivity index (χ1v) is 12.8. The summed E-state index contributed by atoms with van der Waals surface area (Å²) < 4.78 is 5.87. The largest absolute Gasteiger partial charge is 0.494 e. The minimum atomic E-state index is 0.176. The molecule has 4 rings (SSSR count). The molecule has 2 aromatic carbocycles. The lowest BCUT2D eigenvalue weighted by atomic mass is 9.88. The second-order valence-electron chi connectivity index (χ2n) is 9.75. The molecule has 172 valence electrons. The zero-order chi connectivity index (χ0) is 22.3. The zero-order valence-corrected chi connectivity index (χ0v) is 19.9. The normalized spacial score (nSPS) is 17.4. The van der Waals surface area contributed by atoms with Crippen LogP contribution in [0, 0.1) is 18.8 Å². The van der Waals surface area contributed by atoms with Crippen LogP contribution in [0.4, 0.5) is 5.69 Å². The number of nitrogens with one attached hydrogen (secondary N) is 1. The number of rotatable bonds is 8. The molecule has 0 saturated heterocycles. The number of carbonyl (C=O) groups is 1. The molecule has 0 aromatic heterocycles. The molecular weight excluding hydrogens is 394 g/mol. The Balaban J connectivity index is 1.60. The lowest BCUT2D eigenvalue weighted by Crippen LogP contribution is -2.24. The molecule has 0 atom stereocenters. The van der Waals surface area contributed by atoms with E-state index in [1.807, 2.05) is 6.92 Å². The maximum Gasteiger partial charge on any atom is 0.227 e. The van der Waals surface area contributed by atoms with E-state index >= 15 is 0 Å². The van der Waals surface area contributed by atoms with Crippen molar-refractivity contribution in [1.29, 1.82) is 0 Å². The van der Waals surface area contributed by atoms with Gasteiger partial charge >= 0.3 is 0 Å². The number of amides is 1. The van der Waals surface area contributed by atoms with Gasteiger partial charge in [0.2, 0.25) is 5.91 Å². The average Bonchev–Trinajstić information content (AvgIpc) is 3.34. The predicted octanol–water partition coefficient (Wildman–Crippen LogP) is 7.70. The number of hydrogen-bond acceptors (Lipinski definition) is 2. The molecule has 1 amide bonds. The van der Waals surface area contributed by atoms with E-state index in [1.165, 1.54) is 73.6 Å². The van der Waals surface area contributed by atoms with Gasteiger partial charge < -0.3 is 10.1 Å². The molecule has 2 aliphatic carbocycles. The van der Waals surface area contributed by atoms with Gasteiger partial charge in [0.05, 0.1) is 6.61 Å². The van der Waals surface area contributed by atoms with Crippen LogP contribution in [0.2, 0.25) is 0 Å². The van der Waals surface area contributed by atoms with Gasteiger partial charge in [-0.05, 0) is 85.9 Å². The summed E-state index contributed by atoms with van der Waals surface area (Å²) in [5, 5.41) is 3.24.